The molecule has 1 unspecified atom stereocenters. The first kappa shape index (κ1) is 16.5. The monoisotopic (exact) mass is 323 g/mol. The van der Waals surface area contributed by atoms with Crippen LogP contribution in [0.3, 0.4) is 0 Å². The summed E-state index contributed by atoms with van der Waals surface area (Å²) in [5.74, 6) is 1.36. The van der Waals surface area contributed by atoms with Crippen LogP contribution in [0.1, 0.15) is 44.6 Å². The number of nitrogens with zero attached hydrogens (tertiary/aromatic N) is 1. The summed E-state index contributed by atoms with van der Waals surface area (Å²) in [5.41, 5.74) is -0.218. The Morgan fingerprint density at radius 3 is 2.50 bits per heavy atom. The summed E-state index contributed by atoms with van der Waals surface area (Å²) >= 11 is 0. The van der Waals surface area contributed by atoms with Crippen molar-refractivity contribution in [3.05, 3.63) is 42.1 Å². The van der Waals surface area contributed by atoms with Crippen LogP contribution in [0.15, 0.2) is 39.8 Å². The van der Waals surface area contributed by atoms with Crippen molar-refractivity contribution in [1.29, 1.82) is 0 Å². The topological polar surface area (TPSA) is 69.4 Å². The average Bonchev–Trinajstić information content (AvgIpc) is 2.96. The average molecular weight is 323 g/mol. The number of sulfone groups is 1. The highest BCUT2D eigenvalue weighted by molar-refractivity contribution is 7.91. The van der Waals surface area contributed by atoms with Gasteiger partial charge in [0.15, 0.2) is 9.84 Å². The molecule has 1 heterocycles. The molecule has 0 saturated heterocycles. The molecule has 0 saturated carbocycles. The molecule has 6 heteroatoms. The van der Waals surface area contributed by atoms with Crippen LogP contribution >= 0.6 is 0 Å². The van der Waals surface area contributed by atoms with Crippen LogP contribution in [0.5, 0.6) is 5.75 Å². The zero-order valence-corrected chi connectivity index (χ0v) is 14.3. The fraction of sp³-hybridized carbons (Fsp3) is 0.438. The van der Waals surface area contributed by atoms with Crippen LogP contribution in [0.4, 0.5) is 0 Å². The first-order valence-electron chi connectivity index (χ1n) is 7.00. The van der Waals surface area contributed by atoms with Crippen molar-refractivity contribution in [3.63, 3.8) is 0 Å². The molecule has 0 radical (unpaired) electrons. The van der Waals surface area contributed by atoms with Gasteiger partial charge >= 0.3 is 0 Å². The van der Waals surface area contributed by atoms with E-state index in [1.165, 1.54) is 13.2 Å². The third kappa shape index (κ3) is 3.16. The van der Waals surface area contributed by atoms with Crippen molar-refractivity contribution >= 4 is 9.84 Å². The van der Waals surface area contributed by atoms with Crippen molar-refractivity contribution in [2.24, 2.45) is 0 Å². The van der Waals surface area contributed by atoms with Crippen molar-refractivity contribution in [2.45, 2.75) is 43.3 Å². The van der Waals surface area contributed by atoms with E-state index >= 15 is 0 Å². The van der Waals surface area contributed by atoms with Gasteiger partial charge in [0.25, 0.3) is 0 Å². The fourth-order valence-electron chi connectivity index (χ4n) is 1.94. The van der Waals surface area contributed by atoms with Gasteiger partial charge in [-0.1, -0.05) is 26.8 Å². The summed E-state index contributed by atoms with van der Waals surface area (Å²) in [6.07, 6.45) is 1.59. The lowest BCUT2D eigenvalue weighted by Crippen LogP contribution is -2.12. The molecule has 2 aromatic rings. The Balaban J connectivity index is 2.38. The summed E-state index contributed by atoms with van der Waals surface area (Å²) in [6.45, 7) is 7.53. The largest absolute Gasteiger partial charge is 0.497 e. The zero-order chi connectivity index (χ0) is 16.5. The SMILES string of the molecule is COc1cccc(S(=O)(=O)C(C)c2ncc(C(C)(C)C)o2)c1. The minimum absolute atomic E-state index is 0.190. The highest BCUT2D eigenvalue weighted by Crippen LogP contribution is 2.32. The van der Waals surface area contributed by atoms with E-state index in [-0.39, 0.29) is 16.2 Å². The number of ether oxygens (including phenoxy) is 1. The molecule has 1 aromatic carbocycles. The first-order valence-corrected chi connectivity index (χ1v) is 8.55. The molecule has 22 heavy (non-hydrogen) atoms. The second-order valence-corrected chi connectivity index (χ2v) is 8.45. The summed E-state index contributed by atoms with van der Waals surface area (Å²) in [4.78, 5) is 4.33. The van der Waals surface area contributed by atoms with Gasteiger partial charge in [0, 0.05) is 5.41 Å². The maximum atomic E-state index is 12.7. The molecule has 0 bridgehead atoms. The van der Waals surface area contributed by atoms with E-state index in [2.05, 4.69) is 4.98 Å². The number of methoxy groups -OCH3 is 1. The van der Waals surface area contributed by atoms with Crippen molar-refractivity contribution in [2.75, 3.05) is 7.11 Å². The van der Waals surface area contributed by atoms with Gasteiger partial charge in [0.05, 0.1) is 18.2 Å². The highest BCUT2D eigenvalue weighted by atomic mass is 32.2. The van der Waals surface area contributed by atoms with E-state index in [0.29, 0.717) is 11.5 Å². The maximum absolute atomic E-state index is 12.7. The van der Waals surface area contributed by atoms with Crippen LogP contribution in [-0.2, 0) is 15.3 Å². The third-order valence-corrected chi connectivity index (χ3v) is 5.49. The Labute approximate surface area is 131 Å². The number of hydrogen-bond donors (Lipinski definition) is 0. The van der Waals surface area contributed by atoms with Gasteiger partial charge in [-0.25, -0.2) is 13.4 Å². The van der Waals surface area contributed by atoms with E-state index in [4.69, 9.17) is 9.15 Å². The van der Waals surface area contributed by atoms with E-state index in [0.717, 1.165) is 0 Å². The van der Waals surface area contributed by atoms with Gasteiger partial charge in [0.1, 0.15) is 16.8 Å². The van der Waals surface area contributed by atoms with Crippen LogP contribution < -0.4 is 4.74 Å². The molecular formula is C16H21NO4S. The molecule has 0 amide bonds. The lowest BCUT2D eigenvalue weighted by Gasteiger charge is -2.14. The van der Waals surface area contributed by atoms with E-state index in [1.54, 1.807) is 31.3 Å². The molecule has 0 N–H and O–H groups in total. The standard InChI is InChI=1S/C16H21NO4S/c1-11(15-17-10-14(21-15)16(2,3)4)22(18,19)13-8-6-7-12(9-13)20-5/h6-11H,1-5H3. The number of hydrogen-bond acceptors (Lipinski definition) is 5. The minimum Gasteiger partial charge on any atom is -0.497 e. The Kier molecular flexibility index (Phi) is 4.33. The molecule has 0 spiro atoms. The molecule has 0 aliphatic rings. The van der Waals surface area contributed by atoms with Gasteiger partial charge in [-0.3, -0.25) is 0 Å². The smallest absolute Gasteiger partial charge is 0.212 e. The van der Waals surface area contributed by atoms with Crippen LogP contribution in [0, 0.1) is 0 Å². The van der Waals surface area contributed by atoms with E-state index in [9.17, 15) is 8.42 Å². The van der Waals surface area contributed by atoms with Gasteiger partial charge in [-0.05, 0) is 25.1 Å². The van der Waals surface area contributed by atoms with Crippen molar-refractivity contribution < 1.29 is 17.6 Å². The van der Waals surface area contributed by atoms with Gasteiger partial charge in [-0.2, -0.15) is 0 Å². The second-order valence-electron chi connectivity index (χ2n) is 6.18. The van der Waals surface area contributed by atoms with Crippen LogP contribution in [0.2, 0.25) is 0 Å². The second kappa shape index (κ2) is 5.76. The molecule has 5 nitrogen and oxygen atoms in total. The third-order valence-electron chi connectivity index (χ3n) is 3.45. The summed E-state index contributed by atoms with van der Waals surface area (Å²) < 4.78 is 36.1. The first-order chi connectivity index (χ1) is 10.2. The minimum atomic E-state index is -3.59. The molecular weight excluding hydrogens is 302 g/mol. The summed E-state index contributed by atoms with van der Waals surface area (Å²) in [6, 6.07) is 6.39. The lowest BCUT2D eigenvalue weighted by molar-refractivity contribution is 0.380. The number of oxazole rings is 1. The molecule has 0 aliphatic heterocycles. The van der Waals surface area contributed by atoms with Crippen molar-refractivity contribution in [1.82, 2.24) is 4.98 Å². The Morgan fingerprint density at radius 1 is 1.27 bits per heavy atom. The Morgan fingerprint density at radius 2 is 1.95 bits per heavy atom. The van der Waals surface area contributed by atoms with Crippen molar-refractivity contribution in [3.8, 4) is 5.75 Å². The quantitative estimate of drug-likeness (QED) is 0.861. The predicted octanol–water partition coefficient (Wildman–Crippen LogP) is 3.52. The normalized spacial score (nSPS) is 13.9. The van der Waals surface area contributed by atoms with Crippen LogP contribution in [-0.4, -0.2) is 20.5 Å². The van der Waals surface area contributed by atoms with E-state index < -0.39 is 15.1 Å². The number of aromatic nitrogens is 1. The Hall–Kier alpha value is -1.82. The highest BCUT2D eigenvalue weighted by Gasteiger charge is 2.30. The molecule has 0 fully saturated rings. The van der Waals surface area contributed by atoms with Gasteiger partial charge in [0.2, 0.25) is 5.89 Å². The number of rotatable bonds is 4. The molecule has 2 rings (SSSR count). The Bertz CT molecular complexity index is 756. The fourth-order valence-corrected chi connectivity index (χ4v) is 3.27. The molecule has 1 atom stereocenters. The maximum Gasteiger partial charge on any atom is 0.212 e. The number of benzene rings is 1. The predicted molar refractivity (Wildman–Crippen MR) is 83.8 cm³/mol. The van der Waals surface area contributed by atoms with Gasteiger partial charge in [-0.15, -0.1) is 0 Å². The van der Waals surface area contributed by atoms with E-state index in [1.807, 2.05) is 20.8 Å². The molecule has 0 aliphatic carbocycles. The lowest BCUT2D eigenvalue weighted by atomic mass is 9.94. The molecule has 1 aromatic heterocycles. The summed E-state index contributed by atoms with van der Waals surface area (Å²) in [7, 11) is -2.09. The molecule has 120 valence electrons. The zero-order valence-electron chi connectivity index (χ0n) is 13.5. The van der Waals surface area contributed by atoms with Crippen LogP contribution in [0.25, 0.3) is 0 Å². The van der Waals surface area contributed by atoms with Gasteiger partial charge < -0.3 is 9.15 Å². The summed E-state index contributed by atoms with van der Waals surface area (Å²) in [5, 5.41) is -0.865.